The van der Waals surface area contributed by atoms with Crippen LogP contribution in [0.1, 0.15) is 49.8 Å². The van der Waals surface area contributed by atoms with Crippen LogP contribution in [0.4, 0.5) is 0 Å². The van der Waals surface area contributed by atoms with E-state index >= 15 is 0 Å². The standard InChI is InChI=1S/C16H17ClN2O3/c17-12-6-4-11(5-7-12)14-15(22)19(10-13(20)21)16(18-14)8-2-1-3-9-16/h4-7H,1-3,8-10H2,(H,20,21)/i1D2,2D,3D2,9D2,10D2. The second-order valence-electron chi connectivity index (χ2n) is 4.64. The molecule has 1 saturated carbocycles. The number of carbonyl (C=O) groups is 2. The van der Waals surface area contributed by atoms with Gasteiger partial charge in [0.15, 0.2) is 0 Å². The summed E-state index contributed by atoms with van der Waals surface area (Å²) in [6.07, 6.45) is -12.8. The number of amides is 1. The third-order valence-corrected chi connectivity index (χ3v) is 3.47. The van der Waals surface area contributed by atoms with Crippen LogP contribution in [0.5, 0.6) is 0 Å². The molecule has 1 fully saturated rings. The average molecular weight is 330 g/mol. The Kier molecular flexibility index (Phi) is 1.98. The zero-order valence-electron chi connectivity index (χ0n) is 20.1. The van der Waals surface area contributed by atoms with Gasteiger partial charge in [0.05, 0.1) is 2.74 Å². The Labute approximate surface area is 146 Å². The number of aliphatic imine (C=N–C) groups is 1. The van der Waals surface area contributed by atoms with Crippen molar-refractivity contribution in [3.63, 3.8) is 0 Å². The molecule has 116 valence electrons. The Morgan fingerprint density at radius 1 is 1.45 bits per heavy atom. The van der Waals surface area contributed by atoms with E-state index in [9.17, 15) is 14.7 Å². The van der Waals surface area contributed by atoms with Gasteiger partial charge in [-0.05, 0) is 37.7 Å². The Morgan fingerprint density at radius 3 is 2.86 bits per heavy atom. The van der Waals surface area contributed by atoms with E-state index < -0.39 is 61.7 Å². The summed E-state index contributed by atoms with van der Waals surface area (Å²) < 4.78 is 73.0. The van der Waals surface area contributed by atoms with Crippen LogP contribution in [0.2, 0.25) is 5.02 Å². The summed E-state index contributed by atoms with van der Waals surface area (Å²) in [7, 11) is 0. The van der Waals surface area contributed by atoms with Crippen LogP contribution in [0, 0.1) is 0 Å². The monoisotopic (exact) mass is 329 g/mol. The van der Waals surface area contributed by atoms with Gasteiger partial charge >= 0.3 is 5.97 Å². The summed E-state index contributed by atoms with van der Waals surface area (Å²) in [5, 5.41) is 9.70. The van der Waals surface area contributed by atoms with Crippen LogP contribution in [0.3, 0.4) is 0 Å². The van der Waals surface area contributed by atoms with Gasteiger partial charge in [0.2, 0.25) is 0 Å². The molecule has 2 unspecified atom stereocenters. The van der Waals surface area contributed by atoms with E-state index in [0.717, 1.165) is 0 Å². The van der Waals surface area contributed by atoms with Gasteiger partial charge in [-0.1, -0.05) is 30.1 Å². The summed E-state index contributed by atoms with van der Waals surface area (Å²) in [6, 6.07) is 5.37. The first-order valence-corrected chi connectivity index (χ1v) is 6.69. The predicted molar refractivity (Wildman–Crippen MR) is 83.2 cm³/mol. The van der Waals surface area contributed by atoms with Crippen LogP contribution in [0.25, 0.3) is 0 Å². The molecule has 3 rings (SSSR count). The average Bonchev–Trinajstić information content (AvgIpc) is 2.95. The zero-order chi connectivity index (χ0) is 23.8. The van der Waals surface area contributed by atoms with Crippen molar-refractivity contribution >= 4 is 29.2 Å². The van der Waals surface area contributed by atoms with Gasteiger partial charge in [-0.25, -0.2) is 0 Å². The van der Waals surface area contributed by atoms with Gasteiger partial charge in [-0.2, -0.15) is 0 Å². The molecule has 2 aliphatic rings. The molecule has 6 heteroatoms. The van der Waals surface area contributed by atoms with Crippen molar-refractivity contribution in [2.24, 2.45) is 4.99 Å². The van der Waals surface area contributed by atoms with E-state index in [0.29, 0.717) is 0 Å². The molecule has 0 radical (unpaired) electrons. The van der Waals surface area contributed by atoms with Crippen LogP contribution < -0.4 is 0 Å². The molecule has 1 amide bonds. The molecular formula is C16H17ClN2O3. The largest absolute Gasteiger partial charge is 0.480 e. The molecule has 1 aromatic rings. The number of nitrogens with zero attached hydrogens (tertiary/aromatic N) is 2. The fourth-order valence-corrected chi connectivity index (χ4v) is 2.37. The summed E-state index contributed by atoms with van der Waals surface area (Å²) in [6.45, 7) is -3.54. The normalized spacial score (nSPS) is 41.6. The SMILES string of the molecule is [2H]C1CC2(N=C(c3ccc(Cl)cc3)C(=O)N2C([2H])([2H])C(=O)O)C([2H])([2H])C([2H])([2H])C1([2H])[2H]. The van der Waals surface area contributed by atoms with Crippen molar-refractivity contribution in [1.82, 2.24) is 4.90 Å². The van der Waals surface area contributed by atoms with Crippen LogP contribution in [0.15, 0.2) is 29.3 Å². The maximum Gasteiger partial charge on any atom is 0.323 e. The minimum Gasteiger partial charge on any atom is -0.480 e. The first kappa shape index (κ1) is 7.59. The number of rotatable bonds is 3. The van der Waals surface area contributed by atoms with Gasteiger partial charge in [0.1, 0.15) is 17.9 Å². The van der Waals surface area contributed by atoms with E-state index in [1.165, 1.54) is 24.3 Å². The molecule has 1 heterocycles. The fourth-order valence-electron chi connectivity index (χ4n) is 2.24. The molecule has 1 aliphatic carbocycles. The molecule has 1 spiro atoms. The third-order valence-electron chi connectivity index (χ3n) is 3.22. The molecule has 22 heavy (non-hydrogen) atoms. The Morgan fingerprint density at radius 2 is 2.18 bits per heavy atom. The van der Waals surface area contributed by atoms with Crippen molar-refractivity contribution in [2.45, 2.75) is 37.6 Å². The molecule has 5 nitrogen and oxygen atoms in total. The minimum atomic E-state index is -3.54. The first-order chi connectivity index (χ1) is 13.9. The Balaban J connectivity index is 2.35. The van der Waals surface area contributed by atoms with E-state index in [2.05, 4.69) is 4.99 Å². The lowest BCUT2D eigenvalue weighted by atomic mass is 9.88. The highest BCUT2D eigenvalue weighted by molar-refractivity contribution is 6.47. The van der Waals surface area contributed by atoms with Gasteiger partial charge in [-0.3, -0.25) is 14.6 Å². The number of carboxylic acids is 1. The third kappa shape index (κ3) is 2.61. The van der Waals surface area contributed by atoms with E-state index in [4.69, 9.17) is 23.9 Å². The van der Waals surface area contributed by atoms with Crippen molar-refractivity contribution < 1.29 is 27.0 Å². The Bertz CT molecular complexity index is 983. The topological polar surface area (TPSA) is 70.0 Å². The Hall–Kier alpha value is -1.88. The molecule has 0 saturated heterocycles. The summed E-state index contributed by atoms with van der Waals surface area (Å²) in [4.78, 5) is 28.9. The van der Waals surface area contributed by atoms with E-state index in [1.54, 1.807) is 0 Å². The van der Waals surface area contributed by atoms with E-state index in [1.807, 2.05) is 0 Å². The molecule has 1 N–H and O–H groups in total. The molecule has 1 aliphatic heterocycles. The maximum absolute atomic E-state index is 13.2. The number of aliphatic carboxylic acids is 1. The molecule has 2 atom stereocenters. The van der Waals surface area contributed by atoms with Crippen LogP contribution in [-0.4, -0.2) is 39.8 Å². The van der Waals surface area contributed by atoms with Crippen molar-refractivity contribution in [2.75, 3.05) is 6.50 Å². The highest BCUT2D eigenvalue weighted by atomic mass is 35.5. The summed E-state index contributed by atoms with van der Waals surface area (Å²) in [5.74, 6) is -3.48. The van der Waals surface area contributed by atoms with Crippen molar-refractivity contribution in [1.29, 1.82) is 0 Å². The fraction of sp³-hybridized carbons (Fsp3) is 0.438. The number of carbonyl (C=O) groups excluding carboxylic acids is 1. The highest BCUT2D eigenvalue weighted by Gasteiger charge is 2.48. The van der Waals surface area contributed by atoms with Crippen molar-refractivity contribution in [3.8, 4) is 0 Å². The lowest BCUT2D eigenvalue weighted by Gasteiger charge is -2.38. The predicted octanol–water partition coefficient (Wildman–Crippen LogP) is 2.72. The smallest absolute Gasteiger partial charge is 0.323 e. The zero-order valence-corrected chi connectivity index (χ0v) is 11.9. The molecule has 0 aromatic heterocycles. The van der Waals surface area contributed by atoms with Gasteiger partial charge in [0, 0.05) is 20.2 Å². The van der Waals surface area contributed by atoms with Gasteiger partial charge in [-0.15, -0.1) is 0 Å². The molecular weight excluding hydrogens is 304 g/mol. The quantitative estimate of drug-likeness (QED) is 0.927. The number of carboxylic acid groups (broad SMARTS) is 1. The number of hydrogen-bond acceptors (Lipinski definition) is 3. The van der Waals surface area contributed by atoms with Gasteiger partial charge < -0.3 is 10.0 Å². The molecule has 1 aromatic carbocycles. The van der Waals surface area contributed by atoms with Crippen LogP contribution >= 0.6 is 11.6 Å². The second kappa shape index (κ2) is 5.72. The van der Waals surface area contributed by atoms with Gasteiger partial charge in [0.25, 0.3) is 5.91 Å². The number of halogens is 1. The van der Waals surface area contributed by atoms with E-state index in [-0.39, 0.29) is 15.5 Å². The summed E-state index contributed by atoms with van der Waals surface area (Å²) >= 11 is 5.82. The highest BCUT2D eigenvalue weighted by Crippen LogP contribution is 2.39. The second-order valence-corrected chi connectivity index (χ2v) is 5.08. The lowest BCUT2D eigenvalue weighted by molar-refractivity contribution is -0.145. The number of hydrogen-bond donors (Lipinski definition) is 1. The summed E-state index contributed by atoms with van der Waals surface area (Å²) in [5.41, 5.74) is -3.33. The number of benzene rings is 1. The van der Waals surface area contributed by atoms with Crippen molar-refractivity contribution in [3.05, 3.63) is 34.9 Å². The maximum atomic E-state index is 13.2. The minimum absolute atomic E-state index is 0.0130. The lowest BCUT2D eigenvalue weighted by Crippen LogP contribution is -2.50. The van der Waals surface area contributed by atoms with Crippen LogP contribution in [-0.2, 0) is 9.59 Å². The first-order valence-electron chi connectivity index (χ1n) is 10.9. The molecule has 0 bridgehead atoms.